The minimum Gasteiger partial charge on any atom is -0.388 e. The van der Waals surface area contributed by atoms with E-state index in [4.69, 9.17) is 0 Å². The van der Waals surface area contributed by atoms with Gasteiger partial charge in [-0.15, -0.1) is 10.2 Å². The van der Waals surface area contributed by atoms with E-state index in [-0.39, 0.29) is 23.3 Å². The molecule has 0 aliphatic heterocycles. The predicted molar refractivity (Wildman–Crippen MR) is 83.0 cm³/mol. The van der Waals surface area contributed by atoms with Gasteiger partial charge in [-0.3, -0.25) is 4.57 Å². The maximum Gasteiger partial charge on any atom is 0.250 e. The summed E-state index contributed by atoms with van der Waals surface area (Å²) in [5.74, 6) is 0.167. The van der Waals surface area contributed by atoms with Gasteiger partial charge in [0.2, 0.25) is 15.0 Å². The Labute approximate surface area is 130 Å². The molecule has 2 aromatic rings. The van der Waals surface area contributed by atoms with Gasteiger partial charge in [-0.1, -0.05) is 25.1 Å². The van der Waals surface area contributed by atoms with Gasteiger partial charge in [0.1, 0.15) is 6.61 Å². The topological polar surface area (TPSA) is 85.1 Å². The lowest BCUT2D eigenvalue weighted by molar-refractivity contribution is 0.263. The smallest absolute Gasteiger partial charge is 0.250 e. The number of hydrogen-bond acceptors (Lipinski definition) is 5. The van der Waals surface area contributed by atoms with E-state index in [1.165, 1.54) is 4.57 Å². The van der Waals surface area contributed by atoms with Crippen molar-refractivity contribution in [3.8, 4) is 0 Å². The van der Waals surface area contributed by atoms with Crippen molar-refractivity contribution in [2.75, 3.05) is 0 Å². The third-order valence-corrected chi connectivity index (χ3v) is 5.17. The van der Waals surface area contributed by atoms with Crippen molar-refractivity contribution in [3.05, 3.63) is 40.7 Å². The van der Waals surface area contributed by atoms with Crippen molar-refractivity contribution in [2.24, 2.45) is 0 Å². The van der Waals surface area contributed by atoms with Crippen molar-refractivity contribution < 1.29 is 13.5 Å². The van der Waals surface area contributed by atoms with Crippen molar-refractivity contribution in [1.29, 1.82) is 0 Å². The summed E-state index contributed by atoms with van der Waals surface area (Å²) in [5, 5.41) is 16.8. The van der Waals surface area contributed by atoms with Crippen LogP contribution in [0.15, 0.2) is 23.4 Å². The fourth-order valence-corrected chi connectivity index (χ4v) is 4.11. The Morgan fingerprint density at radius 2 is 1.82 bits per heavy atom. The van der Waals surface area contributed by atoms with Crippen molar-refractivity contribution in [3.63, 3.8) is 0 Å². The summed E-state index contributed by atoms with van der Waals surface area (Å²) in [6.07, 6.45) is 0.733. The molecule has 0 atom stereocenters. The molecule has 120 valence electrons. The molecule has 0 radical (unpaired) electrons. The fraction of sp³-hybridized carbons (Fsp3) is 0.467. The average Bonchev–Trinajstić information content (AvgIpc) is 2.87. The zero-order valence-electron chi connectivity index (χ0n) is 13.1. The second kappa shape index (κ2) is 6.58. The third-order valence-electron chi connectivity index (χ3n) is 3.64. The molecule has 2 rings (SSSR count). The summed E-state index contributed by atoms with van der Waals surface area (Å²) in [4.78, 5) is 0. The first kappa shape index (κ1) is 16.6. The van der Waals surface area contributed by atoms with Gasteiger partial charge < -0.3 is 5.11 Å². The zero-order chi connectivity index (χ0) is 16.3. The highest BCUT2D eigenvalue weighted by molar-refractivity contribution is 7.90. The molecule has 0 aliphatic rings. The molecule has 22 heavy (non-hydrogen) atoms. The SMILES string of the molecule is CCCn1c(CO)nnc1S(=O)(=O)Cc1c(C)cccc1C. The number of aromatic nitrogens is 3. The Hall–Kier alpha value is -1.73. The minimum atomic E-state index is -3.62. The van der Waals surface area contributed by atoms with Gasteiger partial charge in [0.25, 0.3) is 0 Å². The number of aryl methyl sites for hydroxylation is 2. The van der Waals surface area contributed by atoms with Crippen LogP contribution in [-0.2, 0) is 28.7 Å². The number of benzene rings is 1. The molecule has 0 aliphatic carbocycles. The van der Waals surface area contributed by atoms with Crippen LogP contribution in [0.2, 0.25) is 0 Å². The molecule has 0 saturated heterocycles. The third kappa shape index (κ3) is 3.20. The van der Waals surface area contributed by atoms with E-state index < -0.39 is 9.84 Å². The van der Waals surface area contributed by atoms with Crippen molar-refractivity contribution >= 4 is 9.84 Å². The number of nitrogens with zero attached hydrogens (tertiary/aromatic N) is 3. The quantitative estimate of drug-likeness (QED) is 0.875. The Morgan fingerprint density at radius 3 is 2.36 bits per heavy atom. The first-order chi connectivity index (χ1) is 10.4. The highest BCUT2D eigenvalue weighted by Crippen LogP contribution is 2.21. The Kier molecular flexibility index (Phi) is 4.97. The van der Waals surface area contributed by atoms with E-state index >= 15 is 0 Å². The molecule has 0 unspecified atom stereocenters. The molecule has 1 aromatic carbocycles. The van der Waals surface area contributed by atoms with E-state index in [9.17, 15) is 13.5 Å². The molecular formula is C15H21N3O3S. The maximum absolute atomic E-state index is 12.7. The molecular weight excluding hydrogens is 302 g/mol. The monoisotopic (exact) mass is 323 g/mol. The fourth-order valence-electron chi connectivity index (χ4n) is 2.45. The van der Waals surface area contributed by atoms with Gasteiger partial charge in [0.15, 0.2) is 5.82 Å². The second-order valence-electron chi connectivity index (χ2n) is 5.34. The van der Waals surface area contributed by atoms with Crippen LogP contribution in [0.25, 0.3) is 0 Å². The van der Waals surface area contributed by atoms with E-state index in [1.807, 2.05) is 39.0 Å². The first-order valence-corrected chi connectivity index (χ1v) is 8.86. The van der Waals surface area contributed by atoms with Crippen molar-refractivity contribution in [1.82, 2.24) is 14.8 Å². The summed E-state index contributed by atoms with van der Waals surface area (Å²) in [6.45, 7) is 5.86. The molecule has 0 saturated carbocycles. The summed E-state index contributed by atoms with van der Waals surface area (Å²) in [6, 6.07) is 5.70. The number of hydrogen-bond donors (Lipinski definition) is 1. The molecule has 0 spiro atoms. The highest BCUT2D eigenvalue weighted by atomic mass is 32.2. The zero-order valence-corrected chi connectivity index (χ0v) is 13.9. The number of sulfone groups is 1. The summed E-state index contributed by atoms with van der Waals surface area (Å²) >= 11 is 0. The first-order valence-electron chi connectivity index (χ1n) is 7.21. The summed E-state index contributed by atoms with van der Waals surface area (Å²) in [7, 11) is -3.62. The van der Waals surface area contributed by atoms with E-state index in [0.717, 1.165) is 23.1 Å². The number of aliphatic hydroxyl groups is 1. The maximum atomic E-state index is 12.7. The Bertz CT molecular complexity index is 746. The van der Waals surface area contributed by atoms with Gasteiger partial charge in [-0.05, 0) is 37.0 Å². The van der Waals surface area contributed by atoms with Gasteiger partial charge in [0.05, 0.1) is 5.75 Å². The van der Waals surface area contributed by atoms with Crippen LogP contribution in [0.5, 0.6) is 0 Å². The van der Waals surface area contributed by atoms with Gasteiger partial charge in [0, 0.05) is 6.54 Å². The van der Waals surface area contributed by atoms with Gasteiger partial charge >= 0.3 is 0 Å². The Morgan fingerprint density at radius 1 is 1.18 bits per heavy atom. The molecule has 1 heterocycles. The van der Waals surface area contributed by atoms with Crippen LogP contribution < -0.4 is 0 Å². The van der Waals surface area contributed by atoms with Crippen LogP contribution in [0, 0.1) is 13.8 Å². The van der Waals surface area contributed by atoms with Crippen molar-refractivity contribution in [2.45, 2.75) is 51.3 Å². The normalized spacial score (nSPS) is 11.8. The standard InChI is InChI=1S/C15H21N3O3S/c1-4-8-18-14(9-19)16-17-15(18)22(20,21)10-13-11(2)6-5-7-12(13)3/h5-7,19H,4,8-10H2,1-3H3. The number of rotatable bonds is 6. The molecule has 0 bridgehead atoms. The lowest BCUT2D eigenvalue weighted by atomic mass is 10.1. The summed E-state index contributed by atoms with van der Waals surface area (Å²) < 4.78 is 26.9. The molecule has 1 N–H and O–H groups in total. The number of aliphatic hydroxyl groups excluding tert-OH is 1. The highest BCUT2D eigenvalue weighted by Gasteiger charge is 2.25. The van der Waals surface area contributed by atoms with E-state index in [2.05, 4.69) is 10.2 Å². The molecule has 7 heteroatoms. The minimum absolute atomic E-state index is 0.0685. The lowest BCUT2D eigenvalue weighted by Gasteiger charge is -2.11. The van der Waals surface area contributed by atoms with Gasteiger partial charge in [-0.2, -0.15) is 0 Å². The summed E-state index contributed by atoms with van der Waals surface area (Å²) in [5.41, 5.74) is 2.67. The predicted octanol–water partition coefficient (Wildman–Crippen LogP) is 1.77. The largest absolute Gasteiger partial charge is 0.388 e. The van der Waals surface area contributed by atoms with Gasteiger partial charge in [-0.25, -0.2) is 8.42 Å². The second-order valence-corrected chi connectivity index (χ2v) is 7.22. The van der Waals surface area contributed by atoms with Crippen LogP contribution in [0.3, 0.4) is 0 Å². The molecule has 6 nitrogen and oxygen atoms in total. The molecule has 0 fully saturated rings. The van der Waals surface area contributed by atoms with E-state index in [0.29, 0.717) is 6.54 Å². The van der Waals surface area contributed by atoms with Crippen LogP contribution in [0.1, 0.15) is 35.9 Å². The molecule has 0 amide bonds. The lowest BCUT2D eigenvalue weighted by Crippen LogP contribution is -2.15. The average molecular weight is 323 g/mol. The van der Waals surface area contributed by atoms with Crippen LogP contribution >= 0.6 is 0 Å². The Balaban J connectivity index is 2.45. The van der Waals surface area contributed by atoms with E-state index in [1.54, 1.807) is 0 Å². The van der Waals surface area contributed by atoms with Crippen LogP contribution in [0.4, 0.5) is 0 Å². The van der Waals surface area contributed by atoms with Crippen LogP contribution in [-0.4, -0.2) is 28.3 Å². The molecule has 1 aromatic heterocycles.